The summed E-state index contributed by atoms with van der Waals surface area (Å²) in [4.78, 5) is 0. The second-order valence-electron chi connectivity index (χ2n) is 5.79. The van der Waals surface area contributed by atoms with Crippen LogP contribution in [-0.2, 0) is 0 Å². The predicted octanol–water partition coefficient (Wildman–Crippen LogP) is 2.28. The average molecular weight is 210 g/mol. The molecular formula is C13H26N2. The zero-order valence-electron chi connectivity index (χ0n) is 10.1. The second-order valence-corrected chi connectivity index (χ2v) is 5.79. The van der Waals surface area contributed by atoms with Crippen molar-refractivity contribution in [3.8, 4) is 0 Å². The highest BCUT2D eigenvalue weighted by Crippen LogP contribution is 2.60. The molecule has 0 saturated heterocycles. The van der Waals surface area contributed by atoms with E-state index in [1.54, 1.807) is 0 Å². The zero-order valence-corrected chi connectivity index (χ0v) is 10.1. The number of nitrogens with two attached hydrogens (primary N) is 1. The quantitative estimate of drug-likeness (QED) is 0.603. The summed E-state index contributed by atoms with van der Waals surface area (Å²) in [5, 5.41) is 3.64. The van der Waals surface area contributed by atoms with Gasteiger partial charge in [0.1, 0.15) is 0 Å². The fourth-order valence-corrected chi connectivity index (χ4v) is 2.64. The third-order valence-corrected chi connectivity index (χ3v) is 4.08. The summed E-state index contributed by atoms with van der Waals surface area (Å²) in [6.07, 6.45) is 9.74. The Balaban J connectivity index is 1.45. The summed E-state index contributed by atoms with van der Waals surface area (Å²) >= 11 is 0. The molecule has 1 atom stereocenters. The van der Waals surface area contributed by atoms with E-state index >= 15 is 0 Å². The lowest BCUT2D eigenvalue weighted by molar-refractivity contribution is 0.400. The number of hydrogen-bond acceptors (Lipinski definition) is 2. The number of hydrogen-bond donors (Lipinski definition) is 2. The van der Waals surface area contributed by atoms with Crippen molar-refractivity contribution in [2.75, 3.05) is 13.1 Å². The molecule has 0 radical (unpaired) electrons. The normalized spacial score (nSPS) is 25.2. The molecule has 0 aliphatic heterocycles. The molecule has 2 rings (SSSR count). The molecule has 2 heteroatoms. The molecule has 2 saturated carbocycles. The second kappa shape index (κ2) is 4.84. The van der Waals surface area contributed by atoms with Crippen LogP contribution in [0.25, 0.3) is 0 Å². The van der Waals surface area contributed by atoms with Gasteiger partial charge in [0.15, 0.2) is 0 Å². The Morgan fingerprint density at radius 1 is 1.33 bits per heavy atom. The van der Waals surface area contributed by atoms with Crippen LogP contribution in [0.15, 0.2) is 0 Å². The van der Waals surface area contributed by atoms with Gasteiger partial charge < -0.3 is 11.1 Å². The molecule has 3 N–H and O–H groups in total. The van der Waals surface area contributed by atoms with Crippen LogP contribution >= 0.6 is 0 Å². The molecule has 0 spiro atoms. The third kappa shape index (κ3) is 3.46. The molecule has 2 aliphatic carbocycles. The van der Waals surface area contributed by atoms with Crippen molar-refractivity contribution in [3.63, 3.8) is 0 Å². The highest BCUT2D eigenvalue weighted by molar-refractivity contribution is 5.04. The lowest BCUT2D eigenvalue weighted by Gasteiger charge is -2.14. The summed E-state index contributed by atoms with van der Waals surface area (Å²) in [7, 11) is 0. The smallest absolute Gasteiger partial charge is 0.00105 e. The minimum atomic E-state index is 0.381. The molecule has 0 aromatic rings. The first kappa shape index (κ1) is 11.4. The molecule has 0 aromatic heterocycles. The predicted molar refractivity (Wildman–Crippen MR) is 64.8 cm³/mol. The first-order chi connectivity index (χ1) is 7.23. The van der Waals surface area contributed by atoms with Crippen LogP contribution in [0.4, 0.5) is 0 Å². The molecule has 1 unspecified atom stereocenters. The van der Waals surface area contributed by atoms with Gasteiger partial charge in [0, 0.05) is 12.6 Å². The Bertz CT molecular complexity index is 193. The van der Waals surface area contributed by atoms with E-state index in [1.165, 1.54) is 58.0 Å². The maximum atomic E-state index is 5.71. The fourth-order valence-electron chi connectivity index (χ4n) is 2.64. The maximum Gasteiger partial charge on any atom is 0.00105 e. The van der Waals surface area contributed by atoms with Crippen molar-refractivity contribution in [2.45, 2.75) is 57.9 Å². The van der Waals surface area contributed by atoms with E-state index in [1.807, 2.05) is 0 Å². The average Bonchev–Trinajstić information content (AvgIpc) is 3.00. The fraction of sp³-hybridized carbons (Fsp3) is 1.00. The Hall–Kier alpha value is -0.0800. The van der Waals surface area contributed by atoms with E-state index in [4.69, 9.17) is 5.73 Å². The van der Waals surface area contributed by atoms with Gasteiger partial charge in [-0.15, -0.1) is 0 Å². The summed E-state index contributed by atoms with van der Waals surface area (Å²) in [5.74, 6) is 1.09. The summed E-state index contributed by atoms with van der Waals surface area (Å²) in [6.45, 7) is 4.58. The van der Waals surface area contributed by atoms with Crippen LogP contribution in [0.5, 0.6) is 0 Å². The van der Waals surface area contributed by atoms with Gasteiger partial charge in [-0.3, -0.25) is 0 Å². The highest BCUT2D eigenvalue weighted by Gasteiger charge is 2.52. The first-order valence-corrected chi connectivity index (χ1v) is 6.69. The Labute approximate surface area is 94.0 Å². The standard InChI is InChI=1S/C13H26N2/c1-11(14)4-2-3-9-15-10-13(7-8-13)12-5-6-12/h11-12,15H,2-10,14H2,1H3. The first-order valence-electron chi connectivity index (χ1n) is 6.69. The minimum absolute atomic E-state index is 0.381. The molecule has 88 valence electrons. The van der Waals surface area contributed by atoms with Gasteiger partial charge in [0.25, 0.3) is 0 Å². The third-order valence-electron chi connectivity index (χ3n) is 4.08. The van der Waals surface area contributed by atoms with Crippen LogP contribution in [0.2, 0.25) is 0 Å². The summed E-state index contributed by atoms with van der Waals surface area (Å²) in [6, 6.07) is 0.381. The monoisotopic (exact) mass is 210 g/mol. The lowest BCUT2D eigenvalue weighted by Crippen LogP contribution is -2.26. The van der Waals surface area contributed by atoms with Gasteiger partial charge in [-0.1, -0.05) is 6.42 Å². The Morgan fingerprint density at radius 3 is 2.60 bits per heavy atom. The van der Waals surface area contributed by atoms with Crippen LogP contribution in [0.1, 0.15) is 51.9 Å². The van der Waals surface area contributed by atoms with E-state index in [0.29, 0.717) is 6.04 Å². The molecule has 0 bridgehead atoms. The maximum absolute atomic E-state index is 5.71. The topological polar surface area (TPSA) is 38.0 Å². The van der Waals surface area contributed by atoms with Crippen molar-refractivity contribution in [2.24, 2.45) is 17.1 Å². The van der Waals surface area contributed by atoms with Crippen LogP contribution in [-0.4, -0.2) is 19.1 Å². The van der Waals surface area contributed by atoms with Crippen LogP contribution < -0.4 is 11.1 Å². The van der Waals surface area contributed by atoms with Gasteiger partial charge in [-0.05, 0) is 63.3 Å². The van der Waals surface area contributed by atoms with Crippen molar-refractivity contribution >= 4 is 0 Å². The molecule has 0 heterocycles. The largest absolute Gasteiger partial charge is 0.328 e. The Kier molecular flexibility index (Phi) is 3.68. The van der Waals surface area contributed by atoms with Gasteiger partial charge in [0.05, 0.1) is 0 Å². The number of unbranched alkanes of at least 4 members (excludes halogenated alkanes) is 1. The van der Waals surface area contributed by atoms with Crippen molar-refractivity contribution in [1.29, 1.82) is 0 Å². The van der Waals surface area contributed by atoms with Crippen LogP contribution in [0.3, 0.4) is 0 Å². The number of nitrogens with one attached hydrogen (secondary N) is 1. The summed E-state index contributed by atoms with van der Waals surface area (Å²) < 4.78 is 0. The molecule has 0 aromatic carbocycles. The van der Waals surface area contributed by atoms with Gasteiger partial charge >= 0.3 is 0 Å². The lowest BCUT2D eigenvalue weighted by atomic mass is 10.0. The van der Waals surface area contributed by atoms with Crippen molar-refractivity contribution < 1.29 is 0 Å². The molecule has 2 nitrogen and oxygen atoms in total. The van der Waals surface area contributed by atoms with E-state index in [2.05, 4.69) is 12.2 Å². The molecular weight excluding hydrogens is 184 g/mol. The molecule has 2 fully saturated rings. The van der Waals surface area contributed by atoms with Crippen molar-refractivity contribution in [1.82, 2.24) is 5.32 Å². The van der Waals surface area contributed by atoms with E-state index in [9.17, 15) is 0 Å². The summed E-state index contributed by atoms with van der Waals surface area (Å²) in [5.41, 5.74) is 6.48. The van der Waals surface area contributed by atoms with Gasteiger partial charge in [-0.25, -0.2) is 0 Å². The highest BCUT2D eigenvalue weighted by atomic mass is 14.9. The van der Waals surface area contributed by atoms with Crippen molar-refractivity contribution in [3.05, 3.63) is 0 Å². The van der Waals surface area contributed by atoms with Gasteiger partial charge in [-0.2, -0.15) is 0 Å². The SMILES string of the molecule is CC(N)CCCCNCC1(C2CC2)CC1. The Morgan fingerprint density at radius 2 is 2.07 bits per heavy atom. The number of rotatable bonds is 8. The van der Waals surface area contributed by atoms with E-state index in [-0.39, 0.29) is 0 Å². The zero-order chi connectivity index (χ0) is 10.7. The molecule has 0 amide bonds. The van der Waals surface area contributed by atoms with Crippen LogP contribution in [0, 0.1) is 11.3 Å². The van der Waals surface area contributed by atoms with E-state index < -0.39 is 0 Å². The van der Waals surface area contributed by atoms with Gasteiger partial charge in [0.2, 0.25) is 0 Å². The molecule has 15 heavy (non-hydrogen) atoms. The van der Waals surface area contributed by atoms with E-state index in [0.717, 1.165) is 11.3 Å². The molecule has 2 aliphatic rings. The minimum Gasteiger partial charge on any atom is -0.328 e.